The van der Waals surface area contributed by atoms with Crippen LogP contribution in [0.15, 0.2) is 52.4 Å². The number of H-pyrrole nitrogens is 1. The van der Waals surface area contributed by atoms with E-state index in [1.165, 1.54) is 37.1 Å². The largest absolute Gasteiger partial charge is 0.504 e. The van der Waals surface area contributed by atoms with Gasteiger partial charge in [-0.15, -0.1) is 0 Å². The predicted octanol–water partition coefficient (Wildman–Crippen LogP) is 3.39. The fourth-order valence-corrected chi connectivity index (χ4v) is 4.20. The van der Waals surface area contributed by atoms with Crippen molar-refractivity contribution in [1.29, 1.82) is 0 Å². The van der Waals surface area contributed by atoms with E-state index in [0.29, 0.717) is 22.0 Å². The van der Waals surface area contributed by atoms with Crippen molar-refractivity contribution in [3.05, 3.63) is 75.3 Å². The number of carbonyl (C=O) groups is 1. The number of phenolic OH excluding ortho intramolecular Hbond substituents is 1. The van der Waals surface area contributed by atoms with Crippen molar-refractivity contribution < 1.29 is 19.0 Å². The number of aromatic amines is 1. The average Bonchev–Trinajstić information content (AvgIpc) is 2.72. The fourth-order valence-electron chi connectivity index (χ4n) is 3.39. The number of hydrogen-bond acceptors (Lipinski definition) is 6. The van der Waals surface area contributed by atoms with E-state index in [9.17, 15) is 19.1 Å². The number of rotatable bonds is 5. The minimum atomic E-state index is -0.526. The van der Waals surface area contributed by atoms with Gasteiger partial charge in [-0.1, -0.05) is 30.0 Å². The number of benzene rings is 2. The third-order valence-electron chi connectivity index (χ3n) is 4.80. The maximum Gasteiger partial charge on any atom is 0.257 e. The van der Waals surface area contributed by atoms with Crippen LogP contribution >= 0.6 is 11.8 Å². The lowest BCUT2D eigenvalue weighted by molar-refractivity contribution is -0.116. The van der Waals surface area contributed by atoms with Crippen LogP contribution in [-0.2, 0) is 10.5 Å². The molecule has 9 heteroatoms. The van der Waals surface area contributed by atoms with Gasteiger partial charge in [0.05, 0.1) is 12.7 Å². The van der Waals surface area contributed by atoms with Crippen molar-refractivity contribution in [1.82, 2.24) is 9.97 Å². The summed E-state index contributed by atoms with van der Waals surface area (Å²) < 4.78 is 18.5. The lowest BCUT2D eigenvalue weighted by Gasteiger charge is -2.25. The van der Waals surface area contributed by atoms with Crippen molar-refractivity contribution >= 4 is 23.5 Å². The van der Waals surface area contributed by atoms with Crippen LogP contribution in [0.1, 0.15) is 29.0 Å². The quantitative estimate of drug-likeness (QED) is 0.426. The monoisotopic (exact) mass is 427 g/mol. The molecule has 3 aromatic rings. The summed E-state index contributed by atoms with van der Waals surface area (Å²) in [6.45, 7) is 0. The van der Waals surface area contributed by atoms with E-state index in [1.807, 2.05) is 0 Å². The molecular weight excluding hydrogens is 409 g/mol. The Bertz CT molecular complexity index is 1180. The van der Waals surface area contributed by atoms with Gasteiger partial charge in [-0.05, 0) is 35.4 Å². The van der Waals surface area contributed by atoms with Crippen molar-refractivity contribution in [3.63, 3.8) is 0 Å². The lowest BCUT2D eigenvalue weighted by Crippen LogP contribution is -2.31. The van der Waals surface area contributed by atoms with Gasteiger partial charge in [-0.2, -0.15) is 0 Å². The average molecular weight is 427 g/mol. The molecule has 0 aliphatic carbocycles. The number of nitrogens with one attached hydrogen (secondary N) is 2. The maximum absolute atomic E-state index is 13.4. The Balaban J connectivity index is 1.67. The van der Waals surface area contributed by atoms with Crippen molar-refractivity contribution in [3.8, 4) is 11.5 Å². The molecule has 30 heavy (non-hydrogen) atoms. The Hall–Kier alpha value is -3.33. The SMILES string of the molecule is COc1cc([C@@H]2CC(=O)Nc3nc(SCc4cccc(F)c4)[nH]c(=O)c32)ccc1O. The molecule has 4 rings (SSSR count). The molecule has 0 bridgehead atoms. The van der Waals surface area contributed by atoms with Gasteiger partial charge in [0.15, 0.2) is 16.7 Å². The summed E-state index contributed by atoms with van der Waals surface area (Å²) in [4.78, 5) is 32.3. The number of hydrogen-bond donors (Lipinski definition) is 3. The first-order valence-electron chi connectivity index (χ1n) is 9.13. The number of aromatic nitrogens is 2. The zero-order valence-electron chi connectivity index (χ0n) is 15.9. The van der Waals surface area contributed by atoms with E-state index in [4.69, 9.17) is 4.74 Å². The molecule has 1 aliphatic heterocycles. The number of amides is 1. The van der Waals surface area contributed by atoms with Crippen LogP contribution in [0.25, 0.3) is 0 Å². The molecule has 0 saturated heterocycles. The minimum absolute atomic E-state index is 0.0298. The molecule has 0 saturated carbocycles. The van der Waals surface area contributed by atoms with Crippen molar-refractivity contribution in [2.75, 3.05) is 12.4 Å². The number of nitrogens with zero attached hydrogens (tertiary/aromatic N) is 1. The zero-order chi connectivity index (χ0) is 21.3. The van der Waals surface area contributed by atoms with Crippen LogP contribution in [0.2, 0.25) is 0 Å². The highest BCUT2D eigenvalue weighted by atomic mass is 32.2. The van der Waals surface area contributed by atoms with Crippen LogP contribution in [-0.4, -0.2) is 28.1 Å². The van der Waals surface area contributed by atoms with Crippen LogP contribution < -0.4 is 15.6 Å². The summed E-state index contributed by atoms with van der Waals surface area (Å²) in [5.74, 6) is -0.287. The molecule has 0 unspecified atom stereocenters. The van der Waals surface area contributed by atoms with Crippen LogP contribution in [0.3, 0.4) is 0 Å². The topological polar surface area (TPSA) is 104 Å². The molecule has 0 radical (unpaired) electrons. The summed E-state index contributed by atoms with van der Waals surface area (Å²) in [6.07, 6.45) is 0.0709. The fraction of sp³-hybridized carbons (Fsp3) is 0.190. The number of phenols is 1. The third-order valence-corrected chi connectivity index (χ3v) is 5.74. The Morgan fingerprint density at radius 2 is 2.10 bits per heavy atom. The molecule has 1 aromatic heterocycles. The Morgan fingerprint density at radius 1 is 1.27 bits per heavy atom. The molecule has 1 atom stereocenters. The normalized spacial score (nSPS) is 15.4. The Labute approximate surface area is 175 Å². The van der Waals surface area contributed by atoms with Crippen molar-refractivity contribution in [2.45, 2.75) is 23.2 Å². The van der Waals surface area contributed by atoms with E-state index in [1.54, 1.807) is 24.3 Å². The van der Waals surface area contributed by atoms with E-state index >= 15 is 0 Å². The third kappa shape index (κ3) is 4.02. The number of ether oxygens (including phenoxy) is 1. The smallest absolute Gasteiger partial charge is 0.257 e. The molecule has 7 nitrogen and oxygen atoms in total. The van der Waals surface area contributed by atoms with Gasteiger partial charge >= 0.3 is 0 Å². The first-order valence-corrected chi connectivity index (χ1v) is 10.1. The highest BCUT2D eigenvalue weighted by molar-refractivity contribution is 7.98. The first kappa shape index (κ1) is 20.0. The number of thioether (sulfide) groups is 1. The Kier molecular flexibility index (Phi) is 5.45. The second-order valence-electron chi connectivity index (χ2n) is 6.79. The van der Waals surface area contributed by atoms with E-state index in [2.05, 4.69) is 15.3 Å². The number of carbonyl (C=O) groups excluding carboxylic acids is 1. The van der Waals surface area contributed by atoms with Crippen LogP contribution in [0.4, 0.5) is 10.2 Å². The van der Waals surface area contributed by atoms with Gasteiger partial charge < -0.3 is 20.1 Å². The number of aromatic hydroxyl groups is 1. The number of methoxy groups -OCH3 is 1. The maximum atomic E-state index is 13.4. The predicted molar refractivity (Wildman–Crippen MR) is 111 cm³/mol. The minimum Gasteiger partial charge on any atom is -0.504 e. The summed E-state index contributed by atoms with van der Waals surface area (Å²) >= 11 is 1.24. The second kappa shape index (κ2) is 8.19. The number of fused-ring (bicyclic) bond motifs is 1. The highest BCUT2D eigenvalue weighted by Gasteiger charge is 2.31. The van der Waals surface area contributed by atoms with E-state index < -0.39 is 5.92 Å². The van der Waals surface area contributed by atoms with E-state index in [0.717, 1.165) is 5.56 Å². The molecule has 2 heterocycles. The first-order chi connectivity index (χ1) is 14.4. The molecular formula is C21H18FN3O4S. The van der Waals surface area contributed by atoms with E-state index in [-0.39, 0.29) is 41.0 Å². The van der Waals surface area contributed by atoms with Crippen LogP contribution in [0.5, 0.6) is 11.5 Å². The molecule has 1 amide bonds. The summed E-state index contributed by atoms with van der Waals surface area (Å²) in [6, 6.07) is 10.9. The molecule has 0 spiro atoms. The summed E-state index contributed by atoms with van der Waals surface area (Å²) in [5.41, 5.74) is 1.39. The van der Waals surface area contributed by atoms with Crippen LogP contribution in [0, 0.1) is 5.82 Å². The zero-order valence-corrected chi connectivity index (χ0v) is 16.8. The summed E-state index contributed by atoms with van der Waals surface area (Å²) in [7, 11) is 1.43. The van der Waals surface area contributed by atoms with Gasteiger partial charge in [0.25, 0.3) is 5.56 Å². The second-order valence-corrected chi connectivity index (χ2v) is 7.75. The standard InChI is InChI=1S/C21H18FN3O4S/c1-29-16-8-12(5-6-15(16)26)14-9-17(27)23-19-18(14)20(28)25-21(24-19)30-10-11-3-2-4-13(22)7-11/h2-8,14,26H,9-10H2,1H3,(H2,23,24,25,27,28)/t14-/m0/s1. The molecule has 2 aromatic carbocycles. The van der Waals surface area contributed by atoms with Gasteiger partial charge in [0, 0.05) is 18.1 Å². The Morgan fingerprint density at radius 3 is 2.87 bits per heavy atom. The van der Waals surface area contributed by atoms with Gasteiger partial charge in [0.2, 0.25) is 5.91 Å². The van der Waals surface area contributed by atoms with Gasteiger partial charge in [-0.3, -0.25) is 9.59 Å². The highest BCUT2D eigenvalue weighted by Crippen LogP contribution is 2.38. The number of anilines is 1. The molecule has 3 N–H and O–H groups in total. The number of halogens is 1. The summed E-state index contributed by atoms with van der Waals surface area (Å²) in [5, 5.41) is 12.8. The molecule has 0 fully saturated rings. The van der Waals surface area contributed by atoms with Gasteiger partial charge in [-0.25, -0.2) is 9.37 Å². The molecule has 1 aliphatic rings. The van der Waals surface area contributed by atoms with Crippen molar-refractivity contribution in [2.24, 2.45) is 0 Å². The lowest BCUT2D eigenvalue weighted by atomic mass is 9.86. The van der Waals surface area contributed by atoms with Gasteiger partial charge in [0.1, 0.15) is 11.6 Å². The molecule has 154 valence electrons.